The average Bonchev–Trinajstić information content (AvgIpc) is 3.03. The maximum absolute atomic E-state index is 12.4. The fraction of sp³-hybridized carbons (Fsp3) is 0.529. The number of benzene rings is 1. The van der Waals surface area contributed by atoms with Crippen LogP contribution in [0.25, 0.3) is 0 Å². The number of nitrogens with zero attached hydrogens (tertiary/aromatic N) is 2. The highest BCUT2D eigenvalue weighted by Gasteiger charge is 2.17. The van der Waals surface area contributed by atoms with Gasteiger partial charge in [-0.2, -0.15) is 0 Å². The molecule has 0 atom stereocenters. The predicted octanol–water partition coefficient (Wildman–Crippen LogP) is 1.88. The molecule has 1 aliphatic heterocycles. The minimum atomic E-state index is -0.282. The Bertz CT molecular complexity index is 587. The summed E-state index contributed by atoms with van der Waals surface area (Å²) in [5, 5.41) is 2.73. The molecule has 1 heterocycles. The Balaban J connectivity index is 1.96. The molecule has 0 radical (unpaired) electrons. The van der Waals surface area contributed by atoms with Crippen molar-refractivity contribution in [2.24, 2.45) is 4.99 Å². The van der Waals surface area contributed by atoms with Gasteiger partial charge < -0.3 is 19.1 Å². The van der Waals surface area contributed by atoms with E-state index in [2.05, 4.69) is 15.2 Å². The Hall–Kier alpha value is -2.28. The van der Waals surface area contributed by atoms with Gasteiger partial charge in [0.15, 0.2) is 11.5 Å². The van der Waals surface area contributed by atoms with E-state index in [1.807, 2.05) is 21.0 Å². The van der Waals surface area contributed by atoms with Gasteiger partial charge in [-0.25, -0.2) is 4.99 Å². The lowest BCUT2D eigenvalue weighted by atomic mass is 10.2. The molecular formula is C17H25N3O4. The molecule has 1 aliphatic rings. The molecule has 132 valence electrons. The van der Waals surface area contributed by atoms with Crippen LogP contribution in [-0.2, 0) is 4.74 Å². The molecule has 1 aromatic carbocycles. The van der Waals surface area contributed by atoms with Crippen LogP contribution in [0.5, 0.6) is 11.5 Å². The zero-order valence-corrected chi connectivity index (χ0v) is 14.5. The van der Waals surface area contributed by atoms with Crippen LogP contribution in [0.2, 0.25) is 0 Å². The molecule has 0 unspecified atom stereocenters. The summed E-state index contributed by atoms with van der Waals surface area (Å²) in [5.41, 5.74) is 0.473. The molecule has 0 spiro atoms. The number of amidine groups is 1. The summed E-state index contributed by atoms with van der Waals surface area (Å²) in [7, 11) is 4.03. The highest BCUT2D eigenvalue weighted by Crippen LogP contribution is 2.32. The predicted molar refractivity (Wildman–Crippen MR) is 91.7 cm³/mol. The van der Waals surface area contributed by atoms with Crippen LogP contribution in [0.1, 0.15) is 30.1 Å². The number of rotatable bonds is 7. The lowest BCUT2D eigenvalue weighted by molar-refractivity contribution is 0.0965. The zero-order valence-electron chi connectivity index (χ0n) is 14.5. The first-order valence-corrected chi connectivity index (χ1v) is 8.13. The maximum Gasteiger partial charge on any atom is 0.291 e. The van der Waals surface area contributed by atoms with Gasteiger partial charge in [-0.05, 0) is 51.7 Å². The summed E-state index contributed by atoms with van der Waals surface area (Å²) < 4.78 is 16.1. The van der Waals surface area contributed by atoms with E-state index in [-0.39, 0.29) is 18.7 Å². The third kappa shape index (κ3) is 5.42. The smallest absolute Gasteiger partial charge is 0.291 e. The van der Waals surface area contributed by atoms with E-state index >= 15 is 0 Å². The second-order valence-electron chi connectivity index (χ2n) is 5.71. The van der Waals surface area contributed by atoms with Crippen LogP contribution in [0.4, 0.5) is 0 Å². The SMILES string of the molecule is CCCOC(=NCCCN(C)C)NC(=O)c1ccc2c(c1)OCO2. The molecule has 1 amide bonds. The van der Waals surface area contributed by atoms with Crippen molar-refractivity contribution in [2.45, 2.75) is 19.8 Å². The number of carbonyl (C=O) groups excluding carboxylic acids is 1. The Morgan fingerprint density at radius 3 is 2.88 bits per heavy atom. The van der Waals surface area contributed by atoms with E-state index in [1.54, 1.807) is 18.2 Å². The van der Waals surface area contributed by atoms with Gasteiger partial charge in [0.1, 0.15) is 0 Å². The maximum atomic E-state index is 12.4. The lowest BCUT2D eigenvalue weighted by Gasteiger charge is -2.11. The number of amides is 1. The normalized spacial score (nSPS) is 13.2. The molecule has 0 fully saturated rings. The molecule has 0 aliphatic carbocycles. The first-order valence-electron chi connectivity index (χ1n) is 8.13. The third-order valence-electron chi connectivity index (χ3n) is 3.32. The standard InChI is InChI=1S/C17H25N3O4/c1-4-10-22-17(18-8-5-9-20(2)3)19-16(21)13-6-7-14-15(11-13)24-12-23-14/h6-7,11H,4-5,8-10,12H2,1-3H3,(H,18,19,21). The first-order chi connectivity index (χ1) is 11.6. The van der Waals surface area contributed by atoms with Crippen LogP contribution in [0, 0.1) is 0 Å². The minimum absolute atomic E-state index is 0.179. The Morgan fingerprint density at radius 1 is 1.33 bits per heavy atom. The summed E-state index contributed by atoms with van der Waals surface area (Å²) >= 11 is 0. The van der Waals surface area contributed by atoms with Crippen molar-refractivity contribution in [2.75, 3.05) is 40.6 Å². The van der Waals surface area contributed by atoms with E-state index in [0.717, 1.165) is 19.4 Å². The van der Waals surface area contributed by atoms with Crippen molar-refractivity contribution in [1.29, 1.82) is 0 Å². The Morgan fingerprint density at radius 2 is 2.12 bits per heavy atom. The molecule has 7 nitrogen and oxygen atoms in total. The van der Waals surface area contributed by atoms with E-state index in [1.165, 1.54) is 0 Å². The van der Waals surface area contributed by atoms with Gasteiger partial charge in [0.25, 0.3) is 11.9 Å². The summed E-state index contributed by atoms with van der Waals surface area (Å²) in [6, 6.07) is 5.32. The molecule has 1 aromatic rings. The fourth-order valence-electron chi connectivity index (χ4n) is 2.09. The number of hydrogen-bond donors (Lipinski definition) is 1. The molecule has 0 saturated carbocycles. The number of fused-ring (bicyclic) bond motifs is 1. The third-order valence-corrected chi connectivity index (χ3v) is 3.32. The molecule has 1 N–H and O–H groups in total. The van der Waals surface area contributed by atoms with Gasteiger partial charge in [0, 0.05) is 12.1 Å². The summed E-state index contributed by atoms with van der Waals surface area (Å²) in [4.78, 5) is 18.8. The molecular weight excluding hydrogens is 310 g/mol. The highest BCUT2D eigenvalue weighted by molar-refractivity contribution is 6.04. The quantitative estimate of drug-likeness (QED) is 0.468. The van der Waals surface area contributed by atoms with Crippen molar-refractivity contribution in [3.8, 4) is 11.5 Å². The summed E-state index contributed by atoms with van der Waals surface area (Å²) in [5.74, 6) is 0.934. The van der Waals surface area contributed by atoms with Crippen LogP contribution < -0.4 is 14.8 Å². The van der Waals surface area contributed by atoms with Crippen LogP contribution in [0.3, 0.4) is 0 Å². The van der Waals surface area contributed by atoms with Gasteiger partial charge in [-0.1, -0.05) is 6.92 Å². The number of nitrogens with one attached hydrogen (secondary N) is 1. The van der Waals surface area contributed by atoms with E-state index in [9.17, 15) is 4.79 Å². The molecule has 7 heteroatoms. The fourth-order valence-corrected chi connectivity index (χ4v) is 2.09. The van der Waals surface area contributed by atoms with Crippen molar-refractivity contribution in [3.63, 3.8) is 0 Å². The van der Waals surface area contributed by atoms with Gasteiger partial charge in [-0.3, -0.25) is 10.1 Å². The van der Waals surface area contributed by atoms with Crippen molar-refractivity contribution < 1.29 is 19.0 Å². The Kier molecular flexibility index (Phi) is 6.87. The molecule has 0 bridgehead atoms. The van der Waals surface area contributed by atoms with Crippen molar-refractivity contribution in [1.82, 2.24) is 10.2 Å². The van der Waals surface area contributed by atoms with Crippen LogP contribution >= 0.6 is 0 Å². The largest absolute Gasteiger partial charge is 0.465 e. The number of carbonyl (C=O) groups is 1. The number of ether oxygens (including phenoxy) is 3. The molecule has 0 aromatic heterocycles. The summed E-state index contributed by atoms with van der Waals surface area (Å²) in [6.45, 7) is 4.22. The van der Waals surface area contributed by atoms with Gasteiger partial charge in [-0.15, -0.1) is 0 Å². The van der Waals surface area contributed by atoms with E-state index < -0.39 is 0 Å². The van der Waals surface area contributed by atoms with Crippen molar-refractivity contribution >= 4 is 11.9 Å². The second-order valence-corrected chi connectivity index (χ2v) is 5.71. The number of hydrogen-bond acceptors (Lipinski definition) is 6. The number of aliphatic imine (C=N–C) groups is 1. The molecule has 24 heavy (non-hydrogen) atoms. The average molecular weight is 335 g/mol. The Labute approximate surface area is 142 Å². The molecule has 0 saturated heterocycles. The highest BCUT2D eigenvalue weighted by atomic mass is 16.7. The minimum Gasteiger partial charge on any atom is -0.465 e. The van der Waals surface area contributed by atoms with Gasteiger partial charge in [0.05, 0.1) is 6.61 Å². The second kappa shape index (κ2) is 9.12. The monoisotopic (exact) mass is 335 g/mol. The van der Waals surface area contributed by atoms with Crippen LogP contribution in [-0.4, -0.2) is 57.4 Å². The van der Waals surface area contributed by atoms with Crippen molar-refractivity contribution in [3.05, 3.63) is 23.8 Å². The first kappa shape index (κ1) is 18.1. The zero-order chi connectivity index (χ0) is 17.4. The topological polar surface area (TPSA) is 72.4 Å². The van der Waals surface area contributed by atoms with Crippen LogP contribution in [0.15, 0.2) is 23.2 Å². The van der Waals surface area contributed by atoms with E-state index in [4.69, 9.17) is 14.2 Å². The lowest BCUT2D eigenvalue weighted by Crippen LogP contribution is -2.33. The van der Waals surface area contributed by atoms with Gasteiger partial charge >= 0.3 is 0 Å². The van der Waals surface area contributed by atoms with E-state index in [0.29, 0.717) is 30.2 Å². The summed E-state index contributed by atoms with van der Waals surface area (Å²) in [6.07, 6.45) is 1.74. The molecule has 2 rings (SSSR count). The van der Waals surface area contributed by atoms with Gasteiger partial charge in [0.2, 0.25) is 6.79 Å².